The molecule has 20 heavy (non-hydrogen) atoms. The highest BCUT2D eigenvalue weighted by Crippen LogP contribution is 2.40. The highest BCUT2D eigenvalue weighted by molar-refractivity contribution is 5.36. The Morgan fingerprint density at radius 3 is 2.95 bits per heavy atom. The van der Waals surface area contributed by atoms with Gasteiger partial charge in [-0.2, -0.15) is 0 Å². The second-order valence-corrected chi connectivity index (χ2v) is 6.29. The fourth-order valence-electron chi connectivity index (χ4n) is 4.10. The zero-order valence-corrected chi connectivity index (χ0v) is 12.3. The number of benzene rings is 1. The third-order valence-electron chi connectivity index (χ3n) is 5.30. The summed E-state index contributed by atoms with van der Waals surface area (Å²) in [7, 11) is 0. The number of fused-ring (bicyclic) bond motifs is 1. The summed E-state index contributed by atoms with van der Waals surface area (Å²) in [6, 6.07) is 6.39. The topological polar surface area (TPSA) is 29.3 Å². The fourth-order valence-corrected chi connectivity index (χ4v) is 4.10. The Bertz CT molecular complexity index is 474. The molecule has 1 aliphatic heterocycles. The lowest BCUT2D eigenvalue weighted by Gasteiger charge is -2.42. The van der Waals surface area contributed by atoms with E-state index < -0.39 is 0 Å². The van der Waals surface area contributed by atoms with Gasteiger partial charge in [-0.05, 0) is 55.3 Å². The Balaban J connectivity index is 1.82. The largest absolute Gasteiger partial charge is 0.329 e. The van der Waals surface area contributed by atoms with Crippen LogP contribution >= 0.6 is 0 Å². The summed E-state index contributed by atoms with van der Waals surface area (Å²) >= 11 is 0. The molecule has 1 aliphatic carbocycles. The van der Waals surface area contributed by atoms with Crippen molar-refractivity contribution in [2.24, 2.45) is 11.7 Å². The quantitative estimate of drug-likeness (QED) is 0.918. The van der Waals surface area contributed by atoms with E-state index in [4.69, 9.17) is 5.73 Å². The molecule has 1 aromatic carbocycles. The van der Waals surface area contributed by atoms with Gasteiger partial charge >= 0.3 is 0 Å². The SMILES string of the molecule is CCC1CCN(C2CCc3c(F)cccc32)C(CN)C1. The number of hydrogen-bond acceptors (Lipinski definition) is 2. The van der Waals surface area contributed by atoms with E-state index in [0.717, 1.165) is 37.4 Å². The molecule has 0 radical (unpaired) electrons. The van der Waals surface area contributed by atoms with Crippen LogP contribution in [0.15, 0.2) is 18.2 Å². The molecule has 3 atom stereocenters. The summed E-state index contributed by atoms with van der Waals surface area (Å²) in [4.78, 5) is 2.55. The van der Waals surface area contributed by atoms with Crippen molar-refractivity contribution in [2.45, 2.75) is 51.1 Å². The summed E-state index contributed by atoms with van der Waals surface area (Å²) in [5.74, 6) is 0.783. The Kier molecular flexibility index (Phi) is 4.08. The fraction of sp³-hybridized carbons (Fsp3) is 0.647. The van der Waals surface area contributed by atoms with Gasteiger partial charge in [-0.15, -0.1) is 0 Å². The van der Waals surface area contributed by atoms with Crippen molar-refractivity contribution in [3.05, 3.63) is 35.1 Å². The van der Waals surface area contributed by atoms with Gasteiger partial charge in [-0.25, -0.2) is 4.39 Å². The van der Waals surface area contributed by atoms with E-state index in [1.807, 2.05) is 6.07 Å². The van der Waals surface area contributed by atoms with Crippen molar-refractivity contribution in [1.29, 1.82) is 0 Å². The molecule has 2 N–H and O–H groups in total. The minimum atomic E-state index is -0.0299. The average molecular weight is 276 g/mol. The molecule has 3 rings (SSSR count). The zero-order valence-electron chi connectivity index (χ0n) is 12.3. The van der Waals surface area contributed by atoms with E-state index in [9.17, 15) is 4.39 Å². The van der Waals surface area contributed by atoms with Gasteiger partial charge in [-0.1, -0.05) is 25.5 Å². The van der Waals surface area contributed by atoms with Crippen LogP contribution in [0.3, 0.4) is 0 Å². The number of piperidine rings is 1. The Hall–Kier alpha value is -0.930. The van der Waals surface area contributed by atoms with E-state index in [2.05, 4.69) is 17.9 Å². The number of nitrogens with two attached hydrogens (primary N) is 1. The third-order valence-corrected chi connectivity index (χ3v) is 5.30. The van der Waals surface area contributed by atoms with Crippen LogP contribution in [0.2, 0.25) is 0 Å². The maximum Gasteiger partial charge on any atom is 0.126 e. The van der Waals surface area contributed by atoms with Crippen LogP contribution < -0.4 is 5.73 Å². The Morgan fingerprint density at radius 1 is 1.35 bits per heavy atom. The minimum absolute atomic E-state index is 0.0299. The molecule has 1 heterocycles. The molecule has 2 aliphatic rings. The van der Waals surface area contributed by atoms with E-state index >= 15 is 0 Å². The Labute approximate surface area is 121 Å². The highest BCUT2D eigenvalue weighted by Gasteiger charge is 2.36. The predicted molar refractivity (Wildman–Crippen MR) is 80.0 cm³/mol. The second kappa shape index (κ2) is 5.82. The smallest absolute Gasteiger partial charge is 0.126 e. The van der Waals surface area contributed by atoms with Crippen molar-refractivity contribution >= 4 is 0 Å². The molecule has 1 aromatic rings. The summed E-state index contributed by atoms with van der Waals surface area (Å²) in [5, 5.41) is 0. The van der Waals surface area contributed by atoms with Gasteiger partial charge in [-0.3, -0.25) is 4.90 Å². The van der Waals surface area contributed by atoms with Gasteiger partial charge in [0.1, 0.15) is 5.82 Å². The first-order valence-corrected chi connectivity index (χ1v) is 7.97. The number of nitrogens with zero attached hydrogens (tertiary/aromatic N) is 1. The van der Waals surface area contributed by atoms with Gasteiger partial charge in [0.25, 0.3) is 0 Å². The minimum Gasteiger partial charge on any atom is -0.329 e. The first-order valence-electron chi connectivity index (χ1n) is 7.97. The average Bonchev–Trinajstić information content (AvgIpc) is 2.91. The van der Waals surface area contributed by atoms with Crippen molar-refractivity contribution < 1.29 is 4.39 Å². The number of hydrogen-bond donors (Lipinski definition) is 1. The van der Waals surface area contributed by atoms with E-state index in [1.165, 1.54) is 24.8 Å². The van der Waals surface area contributed by atoms with Crippen LogP contribution in [0.25, 0.3) is 0 Å². The number of rotatable bonds is 3. The molecule has 1 fully saturated rings. The molecule has 0 aromatic heterocycles. The lowest BCUT2D eigenvalue weighted by atomic mass is 9.87. The van der Waals surface area contributed by atoms with Crippen molar-refractivity contribution in [1.82, 2.24) is 4.90 Å². The van der Waals surface area contributed by atoms with Crippen LogP contribution in [0.4, 0.5) is 4.39 Å². The van der Waals surface area contributed by atoms with Gasteiger partial charge in [0.2, 0.25) is 0 Å². The van der Waals surface area contributed by atoms with Crippen molar-refractivity contribution in [2.75, 3.05) is 13.1 Å². The lowest BCUT2D eigenvalue weighted by Crippen LogP contribution is -2.47. The summed E-state index contributed by atoms with van der Waals surface area (Å²) in [6.07, 6.45) is 5.63. The first-order chi connectivity index (χ1) is 9.74. The summed E-state index contributed by atoms with van der Waals surface area (Å²) < 4.78 is 13.9. The first kappa shape index (κ1) is 14.0. The van der Waals surface area contributed by atoms with Crippen LogP contribution in [-0.4, -0.2) is 24.0 Å². The monoisotopic (exact) mass is 276 g/mol. The highest BCUT2D eigenvalue weighted by atomic mass is 19.1. The van der Waals surface area contributed by atoms with Crippen LogP contribution in [0, 0.1) is 11.7 Å². The summed E-state index contributed by atoms with van der Waals surface area (Å²) in [5.41, 5.74) is 8.16. The summed E-state index contributed by atoms with van der Waals surface area (Å²) in [6.45, 7) is 4.10. The molecular formula is C17H25FN2. The number of halogens is 1. The molecule has 1 saturated heterocycles. The van der Waals surface area contributed by atoms with Gasteiger partial charge in [0, 0.05) is 18.6 Å². The molecule has 0 saturated carbocycles. The maximum absolute atomic E-state index is 13.9. The molecule has 0 spiro atoms. The third kappa shape index (κ3) is 2.38. The molecular weight excluding hydrogens is 251 g/mol. The van der Waals surface area contributed by atoms with Gasteiger partial charge < -0.3 is 5.73 Å². The van der Waals surface area contributed by atoms with Gasteiger partial charge in [0.05, 0.1) is 0 Å². The zero-order chi connectivity index (χ0) is 14.1. The molecule has 0 amide bonds. The molecule has 2 nitrogen and oxygen atoms in total. The van der Waals surface area contributed by atoms with Crippen LogP contribution in [-0.2, 0) is 6.42 Å². The van der Waals surface area contributed by atoms with Crippen molar-refractivity contribution in [3.8, 4) is 0 Å². The van der Waals surface area contributed by atoms with Crippen LogP contribution in [0.1, 0.15) is 49.8 Å². The van der Waals surface area contributed by atoms with E-state index in [0.29, 0.717) is 12.1 Å². The Morgan fingerprint density at radius 2 is 2.20 bits per heavy atom. The standard InChI is InChI=1S/C17H25FN2/c1-2-12-8-9-20(13(10-12)11-19)17-7-6-14-15(17)4-3-5-16(14)18/h3-5,12-13,17H,2,6-11,19H2,1H3. The van der Waals surface area contributed by atoms with Crippen molar-refractivity contribution in [3.63, 3.8) is 0 Å². The van der Waals surface area contributed by atoms with Gasteiger partial charge in [0.15, 0.2) is 0 Å². The van der Waals surface area contributed by atoms with Crippen LogP contribution in [0.5, 0.6) is 0 Å². The van der Waals surface area contributed by atoms with E-state index in [-0.39, 0.29) is 5.82 Å². The predicted octanol–water partition coefficient (Wildman–Crippen LogP) is 3.26. The lowest BCUT2D eigenvalue weighted by molar-refractivity contribution is 0.0702. The molecule has 3 heteroatoms. The number of likely N-dealkylation sites (tertiary alicyclic amines) is 1. The molecule has 0 bridgehead atoms. The molecule has 3 unspecified atom stereocenters. The normalized spacial score (nSPS) is 30.4. The second-order valence-electron chi connectivity index (χ2n) is 6.29. The maximum atomic E-state index is 13.9. The molecule has 110 valence electrons. The van der Waals surface area contributed by atoms with E-state index in [1.54, 1.807) is 6.07 Å².